The molecule has 64 valence electrons. The summed E-state index contributed by atoms with van der Waals surface area (Å²) < 4.78 is 1.33. The fourth-order valence-electron chi connectivity index (χ4n) is 0.896. The normalized spacial score (nSPS) is 47.5. The maximum atomic E-state index is 2.38. The molecule has 0 bridgehead atoms. The number of hydrogen-bond acceptors (Lipinski definition) is 3. The van der Waals surface area contributed by atoms with Gasteiger partial charge in [0.05, 0.1) is 0 Å². The van der Waals surface area contributed by atoms with Gasteiger partial charge in [-0.1, -0.05) is 0 Å². The molecule has 3 heteroatoms. The van der Waals surface area contributed by atoms with Gasteiger partial charge in [-0.2, -0.15) is 35.3 Å². The van der Waals surface area contributed by atoms with Gasteiger partial charge in [-0.25, -0.2) is 0 Å². The van der Waals surface area contributed by atoms with E-state index in [1.807, 2.05) is 0 Å². The molecule has 0 aliphatic carbocycles. The van der Waals surface area contributed by atoms with Gasteiger partial charge in [0.2, 0.25) is 0 Å². The van der Waals surface area contributed by atoms with E-state index < -0.39 is 0 Å². The Kier molecular flexibility index (Phi) is 2.18. The lowest BCUT2D eigenvalue weighted by molar-refractivity contribution is 0.896. The molecule has 0 saturated carbocycles. The molecule has 0 spiro atoms. The summed E-state index contributed by atoms with van der Waals surface area (Å²) in [5, 5.41) is 0. The quantitative estimate of drug-likeness (QED) is 0.649. The summed E-state index contributed by atoms with van der Waals surface area (Å²) in [5.41, 5.74) is 0. The summed E-state index contributed by atoms with van der Waals surface area (Å²) >= 11 is 6.38. The fraction of sp³-hybridized carbons (Fsp3) is 1.00. The Bertz CT molecular complexity index is 141. The van der Waals surface area contributed by atoms with Crippen LogP contribution in [0.4, 0.5) is 0 Å². The van der Waals surface area contributed by atoms with Crippen molar-refractivity contribution >= 4 is 35.3 Å². The van der Waals surface area contributed by atoms with Crippen LogP contribution in [-0.4, -0.2) is 32.5 Å². The zero-order valence-corrected chi connectivity index (χ0v) is 9.50. The van der Waals surface area contributed by atoms with Crippen LogP contribution in [0.25, 0.3) is 0 Å². The molecule has 2 rings (SSSR count). The Morgan fingerprint density at radius 1 is 1.09 bits per heavy atom. The van der Waals surface area contributed by atoms with E-state index in [2.05, 4.69) is 49.1 Å². The summed E-state index contributed by atoms with van der Waals surface area (Å²) in [6.07, 6.45) is 0. The van der Waals surface area contributed by atoms with E-state index >= 15 is 0 Å². The monoisotopic (exact) mass is 206 g/mol. The molecule has 0 aromatic rings. The molecule has 2 saturated heterocycles. The van der Waals surface area contributed by atoms with Crippen LogP contribution in [0.15, 0.2) is 0 Å². The maximum absolute atomic E-state index is 2.38. The smallest absolute Gasteiger partial charge is 0.0313 e. The molecule has 0 aromatic carbocycles. The highest BCUT2D eigenvalue weighted by molar-refractivity contribution is 8.11. The summed E-state index contributed by atoms with van der Waals surface area (Å²) in [6, 6.07) is 0. The second-order valence-corrected chi connectivity index (χ2v) is 8.08. The highest BCUT2D eigenvalue weighted by Crippen LogP contribution is 2.50. The zero-order valence-electron chi connectivity index (χ0n) is 7.05. The first-order valence-electron chi connectivity index (χ1n) is 3.98. The summed E-state index contributed by atoms with van der Waals surface area (Å²) in [4.78, 5) is 0. The van der Waals surface area contributed by atoms with E-state index in [-0.39, 0.29) is 0 Å². The van der Waals surface area contributed by atoms with Crippen LogP contribution in [0, 0.1) is 0 Å². The van der Waals surface area contributed by atoms with Crippen molar-refractivity contribution in [2.24, 2.45) is 0 Å². The van der Waals surface area contributed by atoms with Gasteiger partial charge in [-0.3, -0.25) is 0 Å². The molecule has 2 aliphatic rings. The molecule has 11 heavy (non-hydrogen) atoms. The standard InChI is InChI=1S/C8H14S3/c1-7(5-10-7)3-9-4-8(2)6-11-8/h3-6H2,1-2H3. The molecule has 0 radical (unpaired) electrons. The van der Waals surface area contributed by atoms with E-state index in [0.717, 1.165) is 0 Å². The van der Waals surface area contributed by atoms with Gasteiger partial charge in [0.25, 0.3) is 0 Å². The average Bonchev–Trinajstić information content (AvgIpc) is 2.78. The van der Waals surface area contributed by atoms with E-state index in [0.29, 0.717) is 9.49 Å². The van der Waals surface area contributed by atoms with Crippen molar-refractivity contribution in [3.8, 4) is 0 Å². The SMILES string of the molecule is CC1(CSCC2(C)CS2)CS1. The summed E-state index contributed by atoms with van der Waals surface area (Å²) in [5.74, 6) is 5.52. The van der Waals surface area contributed by atoms with E-state index in [1.165, 1.54) is 23.0 Å². The third-order valence-corrected chi connectivity index (χ3v) is 6.97. The molecule has 0 aromatic heterocycles. The van der Waals surface area contributed by atoms with Crippen LogP contribution in [0.5, 0.6) is 0 Å². The highest BCUT2D eigenvalue weighted by Gasteiger charge is 2.42. The minimum atomic E-state index is 0.667. The maximum Gasteiger partial charge on any atom is 0.0313 e. The number of hydrogen-bond donors (Lipinski definition) is 0. The predicted molar refractivity (Wildman–Crippen MR) is 59.1 cm³/mol. The molecule has 2 unspecified atom stereocenters. The second-order valence-electron chi connectivity index (χ2n) is 3.97. The van der Waals surface area contributed by atoms with Crippen LogP contribution in [0.3, 0.4) is 0 Å². The van der Waals surface area contributed by atoms with Crippen LogP contribution in [0.2, 0.25) is 0 Å². The third-order valence-electron chi connectivity index (χ3n) is 2.09. The van der Waals surface area contributed by atoms with E-state index in [1.54, 1.807) is 0 Å². The first kappa shape index (κ1) is 8.64. The van der Waals surface area contributed by atoms with Crippen LogP contribution >= 0.6 is 35.3 Å². The Morgan fingerprint density at radius 3 is 1.73 bits per heavy atom. The van der Waals surface area contributed by atoms with Crippen LogP contribution < -0.4 is 0 Å². The molecule has 0 N–H and O–H groups in total. The number of rotatable bonds is 4. The Labute approximate surface area is 81.7 Å². The first-order chi connectivity index (χ1) is 5.12. The zero-order chi connectivity index (χ0) is 7.95. The van der Waals surface area contributed by atoms with Crippen molar-refractivity contribution in [2.75, 3.05) is 23.0 Å². The molecule has 0 nitrogen and oxygen atoms in total. The molecular weight excluding hydrogens is 192 g/mol. The van der Waals surface area contributed by atoms with E-state index in [4.69, 9.17) is 0 Å². The topological polar surface area (TPSA) is 0 Å². The van der Waals surface area contributed by atoms with Gasteiger partial charge in [-0.15, -0.1) is 0 Å². The van der Waals surface area contributed by atoms with Gasteiger partial charge in [0.1, 0.15) is 0 Å². The van der Waals surface area contributed by atoms with Crippen molar-refractivity contribution in [3.63, 3.8) is 0 Å². The molecule has 2 heterocycles. The van der Waals surface area contributed by atoms with Gasteiger partial charge >= 0.3 is 0 Å². The summed E-state index contributed by atoms with van der Waals surface area (Å²) in [6.45, 7) is 4.76. The Morgan fingerprint density at radius 2 is 1.45 bits per heavy atom. The van der Waals surface area contributed by atoms with E-state index in [9.17, 15) is 0 Å². The third kappa shape index (κ3) is 2.49. The van der Waals surface area contributed by atoms with Crippen molar-refractivity contribution in [2.45, 2.75) is 23.3 Å². The Balaban J connectivity index is 1.60. The van der Waals surface area contributed by atoms with Gasteiger partial charge in [0, 0.05) is 32.5 Å². The lowest BCUT2D eigenvalue weighted by atomic mass is 10.3. The first-order valence-corrected chi connectivity index (χ1v) is 7.10. The van der Waals surface area contributed by atoms with Crippen LogP contribution in [0.1, 0.15) is 13.8 Å². The molecule has 2 fully saturated rings. The average molecular weight is 206 g/mol. The molecular formula is C8H14S3. The van der Waals surface area contributed by atoms with Gasteiger partial charge in [-0.05, 0) is 13.8 Å². The highest BCUT2D eigenvalue weighted by atomic mass is 32.2. The molecule has 2 atom stereocenters. The van der Waals surface area contributed by atoms with Crippen molar-refractivity contribution in [3.05, 3.63) is 0 Å². The second kappa shape index (κ2) is 2.78. The Hall–Kier alpha value is 1.05. The lowest BCUT2D eigenvalue weighted by Gasteiger charge is -2.08. The lowest BCUT2D eigenvalue weighted by Crippen LogP contribution is -2.11. The largest absolute Gasteiger partial charge is 0.159 e. The number of thioether (sulfide) groups is 3. The van der Waals surface area contributed by atoms with Crippen LogP contribution in [-0.2, 0) is 0 Å². The minimum Gasteiger partial charge on any atom is -0.159 e. The minimum absolute atomic E-state index is 0.667. The van der Waals surface area contributed by atoms with Gasteiger partial charge in [0.15, 0.2) is 0 Å². The van der Waals surface area contributed by atoms with Crippen molar-refractivity contribution < 1.29 is 0 Å². The summed E-state index contributed by atoms with van der Waals surface area (Å²) in [7, 11) is 0. The fourth-order valence-corrected chi connectivity index (χ4v) is 4.19. The molecule has 0 amide bonds. The van der Waals surface area contributed by atoms with Gasteiger partial charge < -0.3 is 0 Å². The molecule has 2 aliphatic heterocycles. The predicted octanol–water partition coefficient (Wildman–Crippen LogP) is 2.73. The van der Waals surface area contributed by atoms with Crippen molar-refractivity contribution in [1.29, 1.82) is 0 Å². The van der Waals surface area contributed by atoms with Crippen molar-refractivity contribution in [1.82, 2.24) is 0 Å².